The summed E-state index contributed by atoms with van der Waals surface area (Å²) in [5.74, 6) is -1.97. The summed E-state index contributed by atoms with van der Waals surface area (Å²) >= 11 is 0. The summed E-state index contributed by atoms with van der Waals surface area (Å²) in [4.78, 5) is 37.8. The number of quaternary nitrogens is 1. The van der Waals surface area contributed by atoms with Crippen molar-refractivity contribution in [1.82, 2.24) is 0 Å². The average molecular weight is 1420 g/mol. The first-order valence-electron chi connectivity index (χ1n) is 44.1. The van der Waals surface area contributed by atoms with E-state index >= 15 is 0 Å². The molecule has 0 fully saturated rings. The predicted molar refractivity (Wildman–Crippen MR) is 438 cm³/mol. The number of likely N-dealkylation sites (N-methyl/N-ethyl adjacent to an activating group) is 1. The van der Waals surface area contributed by atoms with Crippen molar-refractivity contribution < 1.29 is 42.9 Å². The van der Waals surface area contributed by atoms with E-state index in [2.05, 4.69) is 86.8 Å². The van der Waals surface area contributed by atoms with E-state index in [1.807, 2.05) is 21.1 Å². The van der Waals surface area contributed by atoms with Crippen LogP contribution in [0.1, 0.15) is 438 Å². The predicted octanol–water partition coefficient (Wildman–Crippen LogP) is 28.7. The molecule has 0 aromatic heterocycles. The van der Waals surface area contributed by atoms with Crippen LogP contribution >= 0.6 is 0 Å². The Morgan fingerprint density at radius 2 is 0.564 bits per heavy atom. The Hall–Kier alpha value is -3.27. The van der Waals surface area contributed by atoms with E-state index in [9.17, 15) is 19.5 Å². The number of carbonyl (C=O) groups excluding carboxylic acids is 2. The molecular weight excluding hydrogens is 1250 g/mol. The van der Waals surface area contributed by atoms with E-state index in [0.717, 1.165) is 70.6 Å². The van der Waals surface area contributed by atoms with Crippen LogP contribution in [0, 0.1) is 0 Å². The molecule has 0 aromatic rings. The molecule has 0 heterocycles. The van der Waals surface area contributed by atoms with Gasteiger partial charge in [-0.05, 0) is 83.5 Å². The van der Waals surface area contributed by atoms with Gasteiger partial charge in [0, 0.05) is 12.8 Å². The van der Waals surface area contributed by atoms with E-state index in [1.54, 1.807) is 0 Å². The van der Waals surface area contributed by atoms with Crippen LogP contribution in [0.5, 0.6) is 0 Å². The molecule has 0 amide bonds. The van der Waals surface area contributed by atoms with Crippen LogP contribution in [0.3, 0.4) is 0 Å². The lowest BCUT2D eigenvalue weighted by atomic mass is 10.0. The molecule has 2 unspecified atom stereocenters. The minimum atomic E-state index is -1.51. The van der Waals surface area contributed by atoms with Crippen LogP contribution in [-0.4, -0.2) is 87.4 Å². The van der Waals surface area contributed by atoms with Crippen LogP contribution in [0.25, 0.3) is 0 Å². The minimum absolute atomic E-state index is 0.177. The van der Waals surface area contributed by atoms with Gasteiger partial charge in [0.15, 0.2) is 6.10 Å². The standard InChI is InChI=1S/C92H169NO8/c1-6-8-10-12-14-16-18-20-22-24-26-28-30-32-34-36-38-40-42-43-44-45-46-47-49-50-52-54-56-58-60-62-64-66-68-70-72-74-76-78-80-82-89(94)99-86-88(87-100-92(91(96)97)98-85-84-93(3,4)5)101-90(95)83-81-79-77-75-73-71-69-67-65-63-61-59-57-55-53-51-48-41-39-37-35-33-31-29-27-25-23-21-19-17-15-13-11-9-7-2/h9,11,15,17,21,23-24,26-27,29,33,35,88,92H,6-8,10,12-14,16,18-20,22,25,28,30-32,34,36-87H2,1-5H3/p+1/b11-9-,17-15-,23-21-,26-24-,29-27-,35-33-. The highest BCUT2D eigenvalue weighted by atomic mass is 16.7. The lowest BCUT2D eigenvalue weighted by molar-refractivity contribution is -0.870. The van der Waals surface area contributed by atoms with Crippen molar-refractivity contribution in [2.75, 3.05) is 47.5 Å². The number of esters is 2. The van der Waals surface area contributed by atoms with Gasteiger partial charge in [-0.15, -0.1) is 0 Å². The summed E-state index contributed by atoms with van der Waals surface area (Å²) in [5, 5.41) is 9.79. The third-order valence-corrected chi connectivity index (χ3v) is 19.9. The molecule has 0 bridgehead atoms. The number of carboxylic acids is 1. The monoisotopic (exact) mass is 1420 g/mol. The number of aliphatic carboxylic acids is 1. The van der Waals surface area contributed by atoms with Gasteiger partial charge in [-0.2, -0.15) is 0 Å². The summed E-state index contributed by atoms with van der Waals surface area (Å²) in [7, 11) is 6.00. The maximum absolute atomic E-state index is 13.0. The van der Waals surface area contributed by atoms with Crippen molar-refractivity contribution in [2.45, 2.75) is 450 Å². The van der Waals surface area contributed by atoms with Crippen LogP contribution in [-0.2, 0) is 33.3 Å². The van der Waals surface area contributed by atoms with Crippen molar-refractivity contribution in [1.29, 1.82) is 0 Å². The van der Waals surface area contributed by atoms with Gasteiger partial charge in [0.1, 0.15) is 13.2 Å². The maximum atomic E-state index is 13.0. The molecule has 0 aliphatic heterocycles. The SMILES string of the molecule is CC/C=C\C/C=C\C/C=C\C/C=C\C/C=C\CCCCCCCCCCCCCCCCCCCCCC(=O)OC(COC(=O)CCCCCCCCCCCCCCCCCCCCCCCCCCCCCCC/C=C\CCCCCCCCCC)COC(OCC[N+](C)(C)C)C(=O)O. The molecule has 0 rings (SSSR count). The van der Waals surface area contributed by atoms with Crippen LogP contribution < -0.4 is 0 Å². The fourth-order valence-electron chi connectivity index (χ4n) is 13.3. The van der Waals surface area contributed by atoms with Gasteiger partial charge in [0.25, 0.3) is 6.29 Å². The van der Waals surface area contributed by atoms with Gasteiger partial charge in [-0.1, -0.05) is 414 Å². The molecule has 0 spiro atoms. The maximum Gasteiger partial charge on any atom is 0.361 e. The lowest BCUT2D eigenvalue weighted by Crippen LogP contribution is -2.40. The fourth-order valence-corrected chi connectivity index (χ4v) is 13.3. The van der Waals surface area contributed by atoms with E-state index in [0.29, 0.717) is 17.4 Å². The number of carboxylic acid groups (broad SMARTS) is 1. The zero-order chi connectivity index (χ0) is 73.2. The van der Waals surface area contributed by atoms with Crippen molar-refractivity contribution in [3.05, 3.63) is 72.9 Å². The van der Waals surface area contributed by atoms with Crippen LogP contribution in [0.2, 0.25) is 0 Å². The number of unbranched alkanes of at least 4 members (excludes halogenated alkanes) is 56. The fraction of sp³-hybridized carbons (Fsp3) is 0.837. The Kier molecular flexibility index (Phi) is 79.7. The first-order chi connectivity index (χ1) is 49.6. The number of allylic oxidation sites excluding steroid dienone is 12. The Morgan fingerprint density at radius 1 is 0.307 bits per heavy atom. The number of ether oxygens (including phenoxy) is 4. The van der Waals surface area contributed by atoms with Crippen molar-refractivity contribution >= 4 is 17.9 Å². The summed E-state index contributed by atoms with van der Waals surface area (Å²) in [5.41, 5.74) is 0. The average Bonchev–Trinajstić information content (AvgIpc) is 1.25. The number of hydrogen-bond donors (Lipinski definition) is 1. The molecular formula is C92H170NO8+. The largest absolute Gasteiger partial charge is 0.477 e. The minimum Gasteiger partial charge on any atom is -0.477 e. The first-order valence-corrected chi connectivity index (χ1v) is 44.1. The second kappa shape index (κ2) is 82.4. The van der Waals surface area contributed by atoms with Crippen molar-refractivity contribution in [2.24, 2.45) is 0 Å². The Balaban J connectivity index is 3.91. The lowest BCUT2D eigenvalue weighted by Gasteiger charge is -2.25. The molecule has 9 nitrogen and oxygen atoms in total. The Morgan fingerprint density at radius 3 is 0.851 bits per heavy atom. The van der Waals surface area contributed by atoms with E-state index in [1.165, 1.54) is 340 Å². The van der Waals surface area contributed by atoms with Gasteiger partial charge in [0.05, 0.1) is 34.4 Å². The number of carbonyl (C=O) groups is 3. The summed E-state index contributed by atoms with van der Waals surface area (Å²) in [6, 6.07) is 0. The summed E-state index contributed by atoms with van der Waals surface area (Å²) < 4.78 is 23.1. The Bertz CT molecular complexity index is 1900. The molecule has 9 heteroatoms. The molecule has 590 valence electrons. The van der Waals surface area contributed by atoms with Crippen LogP contribution in [0.4, 0.5) is 0 Å². The molecule has 0 saturated heterocycles. The topological polar surface area (TPSA) is 108 Å². The smallest absolute Gasteiger partial charge is 0.361 e. The number of hydrogen-bond acceptors (Lipinski definition) is 7. The van der Waals surface area contributed by atoms with Gasteiger partial charge < -0.3 is 28.5 Å². The normalized spacial score (nSPS) is 12.9. The van der Waals surface area contributed by atoms with E-state index in [4.69, 9.17) is 18.9 Å². The second-order valence-electron chi connectivity index (χ2n) is 31.2. The second-order valence-corrected chi connectivity index (χ2v) is 31.2. The molecule has 101 heavy (non-hydrogen) atoms. The molecule has 1 N–H and O–H groups in total. The highest BCUT2D eigenvalue weighted by Crippen LogP contribution is 2.20. The highest BCUT2D eigenvalue weighted by molar-refractivity contribution is 5.71. The van der Waals surface area contributed by atoms with E-state index in [-0.39, 0.29) is 38.2 Å². The van der Waals surface area contributed by atoms with Crippen LogP contribution in [0.15, 0.2) is 72.9 Å². The van der Waals surface area contributed by atoms with Gasteiger partial charge >= 0.3 is 17.9 Å². The molecule has 0 saturated carbocycles. The zero-order valence-electron chi connectivity index (χ0n) is 67.8. The highest BCUT2D eigenvalue weighted by Gasteiger charge is 2.25. The molecule has 0 aliphatic carbocycles. The van der Waals surface area contributed by atoms with Gasteiger partial charge in [-0.25, -0.2) is 4.79 Å². The molecule has 0 radical (unpaired) electrons. The van der Waals surface area contributed by atoms with Gasteiger partial charge in [0.2, 0.25) is 0 Å². The Labute approximate surface area is 628 Å². The summed E-state index contributed by atoms with van der Waals surface area (Å²) in [6.45, 7) is 4.84. The van der Waals surface area contributed by atoms with Gasteiger partial charge in [-0.3, -0.25) is 9.59 Å². The van der Waals surface area contributed by atoms with Crippen molar-refractivity contribution in [3.8, 4) is 0 Å². The summed E-state index contributed by atoms with van der Waals surface area (Å²) in [6.07, 6.45) is 110. The zero-order valence-corrected chi connectivity index (χ0v) is 67.8. The van der Waals surface area contributed by atoms with E-state index < -0.39 is 18.4 Å². The molecule has 2 atom stereocenters. The number of rotatable bonds is 83. The third kappa shape index (κ3) is 83.9. The quantitative estimate of drug-likeness (QED) is 0.0211. The molecule has 0 aliphatic rings. The number of nitrogens with zero attached hydrogens (tertiary/aromatic N) is 1. The first kappa shape index (κ1) is 97.7. The van der Waals surface area contributed by atoms with Crippen molar-refractivity contribution in [3.63, 3.8) is 0 Å². The third-order valence-electron chi connectivity index (χ3n) is 19.9. The molecule has 0 aromatic carbocycles.